The molecule has 9 nitrogen and oxygen atoms in total. The largest absolute Gasteiger partial charge is 0.388 e. The van der Waals surface area contributed by atoms with Gasteiger partial charge in [-0.2, -0.15) is 0 Å². The lowest BCUT2D eigenvalue weighted by atomic mass is 10.2. The van der Waals surface area contributed by atoms with Gasteiger partial charge < -0.3 is 4.84 Å². The molecule has 2 N–H and O–H groups in total. The second-order valence-corrected chi connectivity index (χ2v) is 3.91. The minimum Gasteiger partial charge on any atom is -0.388 e. The van der Waals surface area contributed by atoms with Gasteiger partial charge in [-0.15, -0.1) is 0 Å². The van der Waals surface area contributed by atoms with Gasteiger partial charge in [0.2, 0.25) is 17.8 Å². The molecule has 0 bridgehead atoms. The van der Waals surface area contributed by atoms with E-state index in [1.807, 2.05) is 0 Å². The Hall–Kier alpha value is -2.97. The summed E-state index contributed by atoms with van der Waals surface area (Å²) in [6.45, 7) is 0.0488. The average molecular weight is 278 g/mol. The van der Waals surface area contributed by atoms with Crippen molar-refractivity contribution in [3.63, 3.8) is 0 Å². The van der Waals surface area contributed by atoms with Gasteiger partial charge in [-0.05, 0) is 22.9 Å². The molecule has 1 fully saturated rings. The van der Waals surface area contributed by atoms with Crippen molar-refractivity contribution in [2.24, 2.45) is 5.16 Å². The van der Waals surface area contributed by atoms with Crippen molar-refractivity contribution >= 4 is 23.5 Å². The average Bonchev–Trinajstić information content (AvgIpc) is 2.38. The Morgan fingerprint density at radius 1 is 1.20 bits per heavy atom. The second kappa shape index (κ2) is 5.78. The Labute approximate surface area is 112 Å². The van der Waals surface area contributed by atoms with Crippen LogP contribution < -0.4 is 10.6 Å². The smallest absolute Gasteiger partial charge is 0.269 e. The summed E-state index contributed by atoms with van der Waals surface area (Å²) in [5.41, 5.74) is 0.639. The summed E-state index contributed by atoms with van der Waals surface area (Å²) in [7, 11) is 0. The van der Waals surface area contributed by atoms with E-state index in [0.29, 0.717) is 5.56 Å². The molecule has 0 spiro atoms. The van der Waals surface area contributed by atoms with Gasteiger partial charge in [0.05, 0.1) is 4.92 Å². The van der Waals surface area contributed by atoms with Crippen LogP contribution in [0.3, 0.4) is 0 Å². The number of nitrogens with zero attached hydrogens (tertiary/aromatic N) is 2. The highest BCUT2D eigenvalue weighted by molar-refractivity contribution is 6.15. The Balaban J connectivity index is 1.90. The van der Waals surface area contributed by atoms with Crippen LogP contribution in [0.2, 0.25) is 0 Å². The van der Waals surface area contributed by atoms with Crippen molar-refractivity contribution in [1.82, 2.24) is 10.6 Å². The van der Waals surface area contributed by atoms with Crippen molar-refractivity contribution in [3.05, 3.63) is 39.9 Å². The number of nitro benzene ring substituents is 1. The molecule has 0 atom stereocenters. The van der Waals surface area contributed by atoms with E-state index in [1.54, 1.807) is 0 Å². The summed E-state index contributed by atoms with van der Waals surface area (Å²) >= 11 is 0. The van der Waals surface area contributed by atoms with Gasteiger partial charge in [0.15, 0.2) is 0 Å². The van der Waals surface area contributed by atoms with E-state index in [2.05, 4.69) is 15.8 Å². The van der Waals surface area contributed by atoms with Gasteiger partial charge in [-0.3, -0.25) is 30.3 Å². The van der Waals surface area contributed by atoms with E-state index in [0.717, 1.165) is 0 Å². The zero-order valence-electron chi connectivity index (χ0n) is 10.2. The molecule has 0 saturated carbocycles. The van der Waals surface area contributed by atoms with Crippen LogP contribution in [-0.2, 0) is 21.0 Å². The van der Waals surface area contributed by atoms with E-state index in [-0.39, 0.29) is 24.7 Å². The maximum Gasteiger partial charge on any atom is 0.269 e. The highest BCUT2D eigenvalue weighted by Crippen LogP contribution is 2.12. The highest BCUT2D eigenvalue weighted by Gasteiger charge is 2.20. The molecule has 1 aliphatic rings. The number of hydrogen-bond acceptors (Lipinski definition) is 6. The first-order valence-electron chi connectivity index (χ1n) is 5.57. The molecule has 20 heavy (non-hydrogen) atoms. The van der Waals surface area contributed by atoms with Crippen LogP contribution in [0.15, 0.2) is 29.4 Å². The van der Waals surface area contributed by atoms with Gasteiger partial charge in [-0.1, -0.05) is 0 Å². The Kier molecular flexibility index (Phi) is 3.89. The zero-order chi connectivity index (χ0) is 14.5. The first kappa shape index (κ1) is 13.5. The van der Waals surface area contributed by atoms with E-state index < -0.39 is 16.7 Å². The zero-order valence-corrected chi connectivity index (χ0v) is 10.2. The maximum atomic E-state index is 11.0. The molecular formula is C11H10N4O5. The number of carbonyl (C=O) groups is 2. The van der Waals surface area contributed by atoms with Crippen LogP contribution in [0.25, 0.3) is 0 Å². The molecule has 0 radical (unpaired) electrons. The lowest BCUT2D eigenvalue weighted by Crippen LogP contribution is -2.50. The summed E-state index contributed by atoms with van der Waals surface area (Å²) < 4.78 is 0. The van der Waals surface area contributed by atoms with Gasteiger partial charge in [-0.25, -0.2) is 0 Å². The Morgan fingerprint density at radius 2 is 1.80 bits per heavy atom. The van der Waals surface area contributed by atoms with E-state index in [4.69, 9.17) is 4.84 Å². The first-order valence-corrected chi connectivity index (χ1v) is 5.57. The molecule has 1 aliphatic heterocycles. The molecule has 0 aliphatic carbocycles. The molecular weight excluding hydrogens is 268 g/mol. The first-order chi connectivity index (χ1) is 9.54. The van der Waals surface area contributed by atoms with Crippen molar-refractivity contribution in [1.29, 1.82) is 0 Å². The van der Waals surface area contributed by atoms with Crippen molar-refractivity contribution in [2.75, 3.05) is 0 Å². The lowest BCUT2D eigenvalue weighted by Gasteiger charge is -2.14. The molecule has 2 rings (SSSR count). The van der Waals surface area contributed by atoms with Crippen LogP contribution in [-0.4, -0.2) is 22.7 Å². The third kappa shape index (κ3) is 3.51. The molecule has 1 aromatic rings. The Morgan fingerprint density at radius 3 is 2.35 bits per heavy atom. The topological polar surface area (TPSA) is 123 Å². The van der Waals surface area contributed by atoms with Gasteiger partial charge >= 0.3 is 0 Å². The third-order valence-corrected chi connectivity index (χ3v) is 2.37. The van der Waals surface area contributed by atoms with Gasteiger partial charge in [0.25, 0.3) is 5.69 Å². The Bertz CT molecular complexity index is 563. The molecule has 9 heteroatoms. The van der Waals surface area contributed by atoms with Crippen LogP contribution in [0.1, 0.15) is 12.0 Å². The van der Waals surface area contributed by atoms with E-state index in [1.165, 1.54) is 24.3 Å². The fourth-order valence-corrected chi connectivity index (χ4v) is 1.46. The molecule has 0 unspecified atom stereocenters. The van der Waals surface area contributed by atoms with E-state index >= 15 is 0 Å². The number of guanidine groups is 1. The van der Waals surface area contributed by atoms with Gasteiger partial charge in [0.1, 0.15) is 13.0 Å². The summed E-state index contributed by atoms with van der Waals surface area (Å²) in [6, 6.07) is 5.73. The predicted molar refractivity (Wildman–Crippen MR) is 66.2 cm³/mol. The number of amides is 2. The quantitative estimate of drug-likeness (QED) is 0.456. The van der Waals surface area contributed by atoms with Gasteiger partial charge in [0, 0.05) is 12.1 Å². The summed E-state index contributed by atoms with van der Waals surface area (Å²) in [4.78, 5) is 37.0. The fourth-order valence-electron chi connectivity index (χ4n) is 1.46. The van der Waals surface area contributed by atoms with Crippen LogP contribution in [0.5, 0.6) is 0 Å². The van der Waals surface area contributed by atoms with Crippen LogP contribution >= 0.6 is 0 Å². The monoisotopic (exact) mass is 278 g/mol. The second-order valence-electron chi connectivity index (χ2n) is 3.91. The molecule has 1 heterocycles. The van der Waals surface area contributed by atoms with Crippen LogP contribution in [0, 0.1) is 10.1 Å². The van der Waals surface area contributed by atoms with Crippen molar-refractivity contribution in [3.8, 4) is 0 Å². The minimum absolute atomic E-state index is 0.0214. The predicted octanol–water partition coefficient (Wildman–Crippen LogP) is 0.0185. The molecule has 104 valence electrons. The standard InChI is InChI=1S/C11H10N4O5/c16-9-5-10(17)13-11(12-9)14-20-6-7-1-3-8(4-2-7)15(18)19/h1-4H,5-6H2,(H2,12,13,14,16,17). The number of nitro groups is 1. The lowest BCUT2D eigenvalue weighted by molar-refractivity contribution is -0.384. The fraction of sp³-hybridized carbons (Fsp3) is 0.182. The van der Waals surface area contributed by atoms with E-state index in [9.17, 15) is 19.7 Å². The number of non-ortho nitro benzene ring substituents is 1. The molecule has 2 amide bonds. The number of rotatable bonds is 4. The normalized spacial score (nSPS) is 14.3. The third-order valence-electron chi connectivity index (χ3n) is 2.37. The summed E-state index contributed by atoms with van der Waals surface area (Å²) in [6.07, 6.45) is -0.249. The minimum atomic E-state index is -0.502. The number of carbonyl (C=O) groups excluding carboxylic acids is 2. The van der Waals surface area contributed by atoms with Crippen molar-refractivity contribution < 1.29 is 19.3 Å². The number of nitrogens with one attached hydrogen (secondary N) is 2. The molecule has 1 aromatic carbocycles. The summed E-state index contributed by atoms with van der Waals surface area (Å²) in [5, 5.41) is 18.7. The summed E-state index contributed by atoms with van der Waals surface area (Å²) in [5.74, 6) is -1.01. The van der Waals surface area contributed by atoms with Crippen LogP contribution in [0.4, 0.5) is 5.69 Å². The maximum absolute atomic E-state index is 11.0. The van der Waals surface area contributed by atoms with Crippen molar-refractivity contribution in [2.45, 2.75) is 13.0 Å². The highest BCUT2D eigenvalue weighted by atomic mass is 16.6. The number of oxime groups is 1. The number of hydrogen-bond donors (Lipinski definition) is 2. The number of benzene rings is 1. The molecule has 0 aromatic heterocycles. The SMILES string of the molecule is O=C1CC(=O)NC(=NOCc2ccc([N+](=O)[O-])cc2)N1. The molecule has 1 saturated heterocycles.